The van der Waals surface area contributed by atoms with E-state index >= 15 is 0 Å². The highest BCUT2D eigenvalue weighted by atomic mass is 32.2. The van der Waals surface area contributed by atoms with Gasteiger partial charge in [0.05, 0.1) is 12.0 Å². The van der Waals surface area contributed by atoms with E-state index in [1.165, 1.54) is 10.5 Å². The number of nitrogens with one attached hydrogen (secondary N) is 1. The molecule has 0 fully saturated rings. The summed E-state index contributed by atoms with van der Waals surface area (Å²) in [5, 5.41) is 3.47. The molecule has 0 bridgehead atoms. The van der Waals surface area contributed by atoms with Crippen LogP contribution in [-0.2, 0) is 6.54 Å². The van der Waals surface area contributed by atoms with E-state index in [0.717, 1.165) is 17.2 Å². The molecule has 0 saturated heterocycles. The Bertz CT molecular complexity index is 554. The summed E-state index contributed by atoms with van der Waals surface area (Å²) in [7, 11) is 1.71. The van der Waals surface area contributed by atoms with Gasteiger partial charge in [0.1, 0.15) is 5.75 Å². The van der Waals surface area contributed by atoms with Crippen molar-refractivity contribution >= 4 is 11.8 Å². The standard InChI is InChI=1S/C17H21NOS/c1-13(2)18-12-14-8-4-6-10-16(14)20-17-11-7-5-9-15(17)19-3/h4-11,13,18H,12H2,1-3H3. The Kier molecular flexibility index (Phi) is 5.50. The first-order chi connectivity index (χ1) is 9.70. The van der Waals surface area contributed by atoms with Crippen molar-refractivity contribution in [2.75, 3.05) is 7.11 Å². The van der Waals surface area contributed by atoms with Crippen LogP contribution < -0.4 is 10.1 Å². The van der Waals surface area contributed by atoms with Gasteiger partial charge in [0.2, 0.25) is 0 Å². The Balaban J connectivity index is 2.20. The van der Waals surface area contributed by atoms with Gasteiger partial charge >= 0.3 is 0 Å². The third kappa shape index (κ3) is 4.02. The molecular formula is C17H21NOS. The molecule has 2 aromatic rings. The van der Waals surface area contributed by atoms with Crippen LogP contribution in [0.3, 0.4) is 0 Å². The first kappa shape index (κ1) is 14.9. The molecule has 0 saturated carbocycles. The summed E-state index contributed by atoms with van der Waals surface area (Å²) in [4.78, 5) is 2.41. The zero-order valence-electron chi connectivity index (χ0n) is 12.2. The fourth-order valence-electron chi connectivity index (χ4n) is 1.89. The van der Waals surface area contributed by atoms with Crippen LogP contribution in [0.25, 0.3) is 0 Å². The van der Waals surface area contributed by atoms with Crippen LogP contribution in [0.5, 0.6) is 5.75 Å². The second-order valence-electron chi connectivity index (χ2n) is 4.90. The summed E-state index contributed by atoms with van der Waals surface area (Å²) in [5.41, 5.74) is 1.32. The maximum atomic E-state index is 5.42. The average Bonchev–Trinajstić information content (AvgIpc) is 2.47. The number of hydrogen-bond acceptors (Lipinski definition) is 3. The molecule has 0 aliphatic heterocycles. The van der Waals surface area contributed by atoms with E-state index in [0.29, 0.717) is 6.04 Å². The third-order valence-electron chi connectivity index (χ3n) is 2.96. The zero-order valence-corrected chi connectivity index (χ0v) is 13.0. The van der Waals surface area contributed by atoms with Crippen molar-refractivity contribution < 1.29 is 4.74 Å². The Morgan fingerprint density at radius 3 is 2.35 bits per heavy atom. The Morgan fingerprint density at radius 2 is 1.65 bits per heavy atom. The van der Waals surface area contributed by atoms with Crippen LogP contribution in [0.15, 0.2) is 58.3 Å². The molecule has 0 atom stereocenters. The highest BCUT2D eigenvalue weighted by molar-refractivity contribution is 7.99. The molecule has 0 unspecified atom stereocenters. The van der Waals surface area contributed by atoms with Crippen LogP contribution in [0.4, 0.5) is 0 Å². The number of rotatable bonds is 6. The van der Waals surface area contributed by atoms with Gasteiger partial charge in [0.15, 0.2) is 0 Å². The molecule has 0 heterocycles. The molecule has 2 rings (SSSR count). The maximum Gasteiger partial charge on any atom is 0.132 e. The summed E-state index contributed by atoms with van der Waals surface area (Å²) in [5.74, 6) is 0.920. The predicted molar refractivity (Wildman–Crippen MR) is 85.5 cm³/mol. The largest absolute Gasteiger partial charge is 0.496 e. The number of methoxy groups -OCH3 is 1. The SMILES string of the molecule is COc1ccccc1Sc1ccccc1CNC(C)C. The van der Waals surface area contributed by atoms with Gasteiger partial charge in [-0.05, 0) is 23.8 Å². The highest BCUT2D eigenvalue weighted by Gasteiger charge is 2.08. The molecule has 0 amide bonds. The second kappa shape index (κ2) is 7.36. The van der Waals surface area contributed by atoms with Crippen LogP contribution in [0.2, 0.25) is 0 Å². The fourth-order valence-corrected chi connectivity index (χ4v) is 2.94. The molecule has 0 radical (unpaired) electrons. The molecule has 106 valence electrons. The normalized spacial score (nSPS) is 10.8. The first-order valence-electron chi connectivity index (χ1n) is 6.83. The van der Waals surface area contributed by atoms with Crippen molar-refractivity contribution in [3.63, 3.8) is 0 Å². The quantitative estimate of drug-likeness (QED) is 0.853. The second-order valence-corrected chi connectivity index (χ2v) is 5.98. The number of ether oxygens (including phenoxy) is 1. The molecule has 0 aliphatic carbocycles. The van der Waals surface area contributed by atoms with Crippen LogP contribution in [0.1, 0.15) is 19.4 Å². The van der Waals surface area contributed by atoms with Crippen molar-refractivity contribution in [3.8, 4) is 5.75 Å². The fraction of sp³-hybridized carbons (Fsp3) is 0.294. The third-order valence-corrected chi connectivity index (χ3v) is 4.14. The summed E-state index contributed by atoms with van der Waals surface area (Å²) in [6, 6.07) is 17.1. The van der Waals surface area contributed by atoms with Gasteiger partial charge in [-0.25, -0.2) is 0 Å². The van der Waals surface area contributed by atoms with Gasteiger partial charge < -0.3 is 10.1 Å². The minimum Gasteiger partial charge on any atom is -0.496 e. The van der Waals surface area contributed by atoms with Crippen molar-refractivity contribution in [2.45, 2.75) is 36.2 Å². The number of benzene rings is 2. The lowest BCUT2D eigenvalue weighted by Crippen LogP contribution is -2.22. The van der Waals surface area contributed by atoms with Gasteiger partial charge in [-0.1, -0.05) is 55.9 Å². The van der Waals surface area contributed by atoms with Crippen LogP contribution in [-0.4, -0.2) is 13.2 Å². The first-order valence-corrected chi connectivity index (χ1v) is 7.64. The van der Waals surface area contributed by atoms with Gasteiger partial charge in [0.25, 0.3) is 0 Å². The lowest BCUT2D eigenvalue weighted by Gasteiger charge is -2.13. The van der Waals surface area contributed by atoms with Gasteiger partial charge in [0, 0.05) is 17.5 Å². The highest BCUT2D eigenvalue weighted by Crippen LogP contribution is 2.36. The molecule has 2 aromatic carbocycles. The van der Waals surface area contributed by atoms with Gasteiger partial charge in [-0.15, -0.1) is 0 Å². The van der Waals surface area contributed by atoms with E-state index in [-0.39, 0.29) is 0 Å². The predicted octanol–water partition coefficient (Wildman–Crippen LogP) is 4.34. The molecule has 0 aromatic heterocycles. The van der Waals surface area contributed by atoms with E-state index < -0.39 is 0 Å². The number of hydrogen-bond donors (Lipinski definition) is 1. The molecule has 2 nitrogen and oxygen atoms in total. The van der Waals surface area contributed by atoms with E-state index in [1.54, 1.807) is 18.9 Å². The van der Waals surface area contributed by atoms with Crippen molar-refractivity contribution in [2.24, 2.45) is 0 Å². The molecular weight excluding hydrogens is 266 g/mol. The monoisotopic (exact) mass is 287 g/mol. The molecule has 20 heavy (non-hydrogen) atoms. The minimum atomic E-state index is 0.485. The van der Waals surface area contributed by atoms with E-state index in [1.807, 2.05) is 18.2 Å². The Hall–Kier alpha value is -1.45. The summed E-state index contributed by atoms with van der Waals surface area (Å²) >= 11 is 1.75. The minimum absolute atomic E-state index is 0.485. The topological polar surface area (TPSA) is 21.3 Å². The zero-order chi connectivity index (χ0) is 14.4. The van der Waals surface area contributed by atoms with Crippen LogP contribution >= 0.6 is 11.8 Å². The van der Waals surface area contributed by atoms with E-state index in [9.17, 15) is 0 Å². The number of para-hydroxylation sites is 1. The Labute approximate surface area is 125 Å². The van der Waals surface area contributed by atoms with E-state index in [2.05, 4.69) is 49.5 Å². The van der Waals surface area contributed by atoms with Gasteiger partial charge in [-0.3, -0.25) is 0 Å². The van der Waals surface area contributed by atoms with Crippen molar-refractivity contribution in [1.82, 2.24) is 5.32 Å². The summed E-state index contributed by atoms with van der Waals surface area (Å²) in [6.07, 6.45) is 0. The Morgan fingerprint density at radius 1 is 1.00 bits per heavy atom. The molecule has 0 aliphatic rings. The average molecular weight is 287 g/mol. The van der Waals surface area contributed by atoms with Crippen molar-refractivity contribution in [3.05, 3.63) is 54.1 Å². The molecule has 1 N–H and O–H groups in total. The summed E-state index contributed by atoms with van der Waals surface area (Å²) < 4.78 is 5.42. The molecule has 3 heteroatoms. The summed E-state index contributed by atoms with van der Waals surface area (Å²) in [6.45, 7) is 5.21. The van der Waals surface area contributed by atoms with Gasteiger partial charge in [-0.2, -0.15) is 0 Å². The van der Waals surface area contributed by atoms with E-state index in [4.69, 9.17) is 4.74 Å². The van der Waals surface area contributed by atoms with Crippen molar-refractivity contribution in [1.29, 1.82) is 0 Å². The van der Waals surface area contributed by atoms with Crippen LogP contribution in [0, 0.1) is 0 Å². The maximum absolute atomic E-state index is 5.42. The smallest absolute Gasteiger partial charge is 0.132 e. The lowest BCUT2D eigenvalue weighted by atomic mass is 10.2. The molecule has 0 spiro atoms. The lowest BCUT2D eigenvalue weighted by molar-refractivity contribution is 0.405.